The summed E-state index contributed by atoms with van der Waals surface area (Å²) in [5.41, 5.74) is 1.39. The molecule has 0 aromatic heterocycles. The second kappa shape index (κ2) is 8.69. The Hall–Kier alpha value is -0.420. The number of nitrogens with one attached hydrogen (secondary N) is 2. The summed E-state index contributed by atoms with van der Waals surface area (Å²) < 4.78 is 1.17. The topological polar surface area (TPSA) is 27.3 Å². The van der Waals surface area contributed by atoms with Gasteiger partial charge in [0.15, 0.2) is 0 Å². The van der Waals surface area contributed by atoms with Gasteiger partial charge in [-0.1, -0.05) is 28.1 Å². The summed E-state index contributed by atoms with van der Waals surface area (Å²) in [5.74, 6) is 0. The predicted octanol–water partition coefficient (Wildman–Crippen LogP) is 1.88. The molecule has 0 radical (unpaired) electrons. The van der Waals surface area contributed by atoms with Crippen LogP contribution in [0.5, 0.6) is 0 Å². The normalized spacial score (nSPS) is 16.7. The third kappa shape index (κ3) is 6.04. The molecule has 1 aliphatic rings. The molecule has 1 aromatic carbocycles. The van der Waals surface area contributed by atoms with Gasteiger partial charge in [-0.15, -0.1) is 0 Å². The zero-order chi connectivity index (χ0) is 13.3. The van der Waals surface area contributed by atoms with Gasteiger partial charge < -0.3 is 15.5 Å². The lowest BCUT2D eigenvalue weighted by atomic mass is 10.1. The van der Waals surface area contributed by atoms with Gasteiger partial charge in [0, 0.05) is 30.7 Å². The van der Waals surface area contributed by atoms with Crippen LogP contribution >= 0.6 is 15.9 Å². The van der Waals surface area contributed by atoms with E-state index in [1.54, 1.807) is 0 Å². The molecular weight excluding hydrogens is 302 g/mol. The molecule has 0 spiro atoms. The van der Waals surface area contributed by atoms with E-state index in [4.69, 9.17) is 0 Å². The van der Waals surface area contributed by atoms with Crippen molar-refractivity contribution in [1.82, 2.24) is 15.5 Å². The lowest BCUT2D eigenvalue weighted by Gasteiger charge is -2.27. The van der Waals surface area contributed by atoms with Crippen molar-refractivity contribution in [3.05, 3.63) is 34.3 Å². The number of benzene rings is 1. The molecule has 3 nitrogen and oxygen atoms in total. The van der Waals surface area contributed by atoms with Gasteiger partial charge in [0.1, 0.15) is 0 Å². The third-order valence-corrected chi connectivity index (χ3v) is 4.01. The average Bonchev–Trinajstić information content (AvgIpc) is 2.44. The number of piperazine rings is 1. The SMILES string of the molecule is Brc1cccc(CCNCCCN2CCNCC2)c1. The number of hydrogen-bond donors (Lipinski definition) is 2. The number of hydrogen-bond acceptors (Lipinski definition) is 3. The largest absolute Gasteiger partial charge is 0.316 e. The Labute approximate surface area is 124 Å². The molecule has 2 N–H and O–H groups in total. The Kier molecular flexibility index (Phi) is 6.85. The molecule has 106 valence electrons. The van der Waals surface area contributed by atoms with Gasteiger partial charge in [-0.05, 0) is 50.2 Å². The summed E-state index contributed by atoms with van der Waals surface area (Å²) in [4.78, 5) is 2.55. The molecular formula is C15H24BrN3. The fourth-order valence-corrected chi connectivity index (χ4v) is 2.86. The maximum absolute atomic E-state index is 3.54. The van der Waals surface area contributed by atoms with E-state index in [1.165, 1.54) is 36.1 Å². The van der Waals surface area contributed by atoms with Crippen LogP contribution in [0.25, 0.3) is 0 Å². The van der Waals surface area contributed by atoms with Crippen LogP contribution in [0.2, 0.25) is 0 Å². The summed E-state index contributed by atoms with van der Waals surface area (Å²) in [6.07, 6.45) is 2.35. The molecule has 0 atom stereocenters. The fraction of sp³-hybridized carbons (Fsp3) is 0.600. The maximum Gasteiger partial charge on any atom is 0.0178 e. The molecule has 0 unspecified atom stereocenters. The summed E-state index contributed by atoms with van der Waals surface area (Å²) >= 11 is 3.51. The third-order valence-electron chi connectivity index (χ3n) is 3.52. The zero-order valence-corrected chi connectivity index (χ0v) is 13.1. The van der Waals surface area contributed by atoms with Gasteiger partial charge in [0.2, 0.25) is 0 Å². The minimum Gasteiger partial charge on any atom is -0.316 e. The zero-order valence-electron chi connectivity index (χ0n) is 11.5. The van der Waals surface area contributed by atoms with Crippen molar-refractivity contribution >= 4 is 15.9 Å². The lowest BCUT2D eigenvalue weighted by Crippen LogP contribution is -2.44. The smallest absolute Gasteiger partial charge is 0.0178 e. The molecule has 0 bridgehead atoms. The molecule has 1 heterocycles. The van der Waals surface area contributed by atoms with Gasteiger partial charge in [0.25, 0.3) is 0 Å². The van der Waals surface area contributed by atoms with Crippen LogP contribution in [0.15, 0.2) is 28.7 Å². The molecule has 1 aromatic rings. The Bertz CT molecular complexity index is 364. The van der Waals surface area contributed by atoms with Crippen LogP contribution in [0.3, 0.4) is 0 Å². The summed E-state index contributed by atoms with van der Waals surface area (Å²) in [5, 5.41) is 6.92. The standard InChI is InChI=1S/C15H24BrN3/c16-15-4-1-3-14(13-15)5-7-17-6-2-10-19-11-8-18-9-12-19/h1,3-4,13,17-18H,2,5-12H2. The lowest BCUT2D eigenvalue weighted by molar-refractivity contribution is 0.238. The monoisotopic (exact) mass is 325 g/mol. The first-order valence-corrected chi connectivity index (χ1v) is 8.02. The Balaban J connectivity index is 1.50. The van der Waals surface area contributed by atoms with Crippen molar-refractivity contribution in [2.45, 2.75) is 12.8 Å². The molecule has 1 fully saturated rings. The van der Waals surface area contributed by atoms with Crippen molar-refractivity contribution in [1.29, 1.82) is 0 Å². The van der Waals surface area contributed by atoms with Crippen LogP contribution in [0.1, 0.15) is 12.0 Å². The summed E-state index contributed by atoms with van der Waals surface area (Å²) in [7, 11) is 0. The Morgan fingerprint density at radius 2 is 2.05 bits per heavy atom. The molecule has 1 aliphatic heterocycles. The van der Waals surface area contributed by atoms with Crippen LogP contribution < -0.4 is 10.6 Å². The number of rotatable bonds is 7. The van der Waals surface area contributed by atoms with Gasteiger partial charge in [-0.3, -0.25) is 0 Å². The predicted molar refractivity (Wildman–Crippen MR) is 84.6 cm³/mol. The molecule has 1 saturated heterocycles. The first-order valence-electron chi connectivity index (χ1n) is 7.23. The van der Waals surface area contributed by atoms with E-state index in [1.807, 2.05) is 0 Å². The highest BCUT2D eigenvalue weighted by molar-refractivity contribution is 9.10. The van der Waals surface area contributed by atoms with Crippen molar-refractivity contribution < 1.29 is 0 Å². The highest BCUT2D eigenvalue weighted by Crippen LogP contribution is 2.11. The second-order valence-corrected chi connectivity index (χ2v) is 5.99. The van der Waals surface area contributed by atoms with Crippen molar-refractivity contribution in [3.8, 4) is 0 Å². The van der Waals surface area contributed by atoms with Crippen LogP contribution in [-0.2, 0) is 6.42 Å². The molecule has 0 aliphatic carbocycles. The minimum atomic E-state index is 1.07. The van der Waals surface area contributed by atoms with E-state index in [-0.39, 0.29) is 0 Å². The summed E-state index contributed by atoms with van der Waals surface area (Å²) in [6.45, 7) is 8.13. The highest BCUT2D eigenvalue weighted by atomic mass is 79.9. The van der Waals surface area contributed by atoms with E-state index in [2.05, 4.69) is 55.7 Å². The van der Waals surface area contributed by atoms with Gasteiger partial charge in [-0.25, -0.2) is 0 Å². The van der Waals surface area contributed by atoms with Crippen LogP contribution in [0.4, 0.5) is 0 Å². The Morgan fingerprint density at radius 1 is 1.21 bits per heavy atom. The fourth-order valence-electron chi connectivity index (χ4n) is 2.41. The van der Waals surface area contributed by atoms with E-state index in [0.717, 1.165) is 32.6 Å². The molecule has 4 heteroatoms. The van der Waals surface area contributed by atoms with Crippen molar-refractivity contribution in [2.24, 2.45) is 0 Å². The van der Waals surface area contributed by atoms with Crippen molar-refractivity contribution in [2.75, 3.05) is 45.8 Å². The van der Waals surface area contributed by atoms with Crippen LogP contribution in [-0.4, -0.2) is 50.7 Å². The molecule has 0 saturated carbocycles. The van der Waals surface area contributed by atoms with Crippen molar-refractivity contribution in [3.63, 3.8) is 0 Å². The number of halogens is 1. The Morgan fingerprint density at radius 3 is 2.84 bits per heavy atom. The second-order valence-electron chi connectivity index (χ2n) is 5.08. The van der Waals surface area contributed by atoms with Crippen LogP contribution in [0, 0.1) is 0 Å². The quantitative estimate of drug-likeness (QED) is 0.749. The molecule has 0 amide bonds. The van der Waals surface area contributed by atoms with E-state index >= 15 is 0 Å². The van der Waals surface area contributed by atoms with E-state index in [9.17, 15) is 0 Å². The first kappa shape index (κ1) is 15.0. The summed E-state index contributed by atoms with van der Waals surface area (Å²) in [6, 6.07) is 8.56. The van der Waals surface area contributed by atoms with Gasteiger partial charge in [-0.2, -0.15) is 0 Å². The highest BCUT2D eigenvalue weighted by Gasteiger charge is 2.07. The molecule has 2 rings (SSSR count). The number of nitrogens with zero attached hydrogens (tertiary/aromatic N) is 1. The van der Waals surface area contributed by atoms with E-state index < -0.39 is 0 Å². The average molecular weight is 326 g/mol. The molecule has 19 heavy (non-hydrogen) atoms. The minimum absolute atomic E-state index is 1.07. The van der Waals surface area contributed by atoms with Gasteiger partial charge in [0.05, 0.1) is 0 Å². The maximum atomic E-state index is 3.54. The first-order chi connectivity index (χ1) is 9.34. The van der Waals surface area contributed by atoms with E-state index in [0.29, 0.717) is 0 Å². The van der Waals surface area contributed by atoms with Gasteiger partial charge >= 0.3 is 0 Å².